The van der Waals surface area contributed by atoms with Crippen LogP contribution in [0.5, 0.6) is 0 Å². The minimum Gasteiger partial charge on any atom is -0.383 e. The summed E-state index contributed by atoms with van der Waals surface area (Å²) in [6.07, 6.45) is 5.38. The Bertz CT molecular complexity index is 840. The van der Waals surface area contributed by atoms with Gasteiger partial charge in [0.2, 0.25) is 0 Å². The van der Waals surface area contributed by atoms with Crippen molar-refractivity contribution in [1.29, 1.82) is 0 Å². The van der Waals surface area contributed by atoms with Crippen molar-refractivity contribution in [1.82, 2.24) is 20.4 Å². The number of aldehydes is 1. The van der Waals surface area contributed by atoms with Crippen LogP contribution in [0, 0.1) is 6.92 Å². The first-order valence-corrected chi connectivity index (χ1v) is 11.1. The monoisotopic (exact) mass is 433 g/mol. The molecule has 2 aromatic rings. The van der Waals surface area contributed by atoms with E-state index < -0.39 is 0 Å². The van der Waals surface area contributed by atoms with Crippen LogP contribution in [-0.4, -0.2) is 62.1 Å². The third-order valence-electron chi connectivity index (χ3n) is 4.82. The predicted octanol–water partition coefficient (Wildman–Crippen LogP) is 2.27. The number of methoxy groups -OCH3 is 1. The Morgan fingerprint density at radius 1 is 1.33 bits per heavy atom. The van der Waals surface area contributed by atoms with Gasteiger partial charge in [-0.25, -0.2) is 0 Å². The molecule has 0 spiro atoms. The van der Waals surface area contributed by atoms with Gasteiger partial charge in [0.25, 0.3) is 5.91 Å². The minimum absolute atomic E-state index is 0.176. The van der Waals surface area contributed by atoms with Crippen molar-refractivity contribution >= 4 is 29.8 Å². The van der Waals surface area contributed by atoms with E-state index >= 15 is 0 Å². The number of hydrogen-bond acceptors (Lipinski definition) is 7. The standard InChI is InChI=1S/C21H31N5O3S/c1-16-19(14-24-26(16)8-9-29-3)13-22-6-5-7-23-21(28)18-10-17(15-27)11-20(12-18)25(2)30-4/h10-12,14-15,22H,5-9,13H2,1-4H3,(H,23,28). The van der Waals surface area contributed by atoms with E-state index in [2.05, 4.69) is 22.7 Å². The molecule has 0 atom stereocenters. The molecular weight excluding hydrogens is 402 g/mol. The van der Waals surface area contributed by atoms with Crippen LogP contribution in [-0.2, 0) is 17.8 Å². The number of anilines is 1. The van der Waals surface area contributed by atoms with Gasteiger partial charge in [0.05, 0.1) is 19.3 Å². The lowest BCUT2D eigenvalue weighted by Gasteiger charge is -2.17. The van der Waals surface area contributed by atoms with E-state index in [-0.39, 0.29) is 5.91 Å². The van der Waals surface area contributed by atoms with E-state index in [1.807, 2.05) is 28.5 Å². The molecule has 0 radical (unpaired) electrons. The molecule has 1 aromatic carbocycles. The van der Waals surface area contributed by atoms with Crippen molar-refractivity contribution in [3.63, 3.8) is 0 Å². The van der Waals surface area contributed by atoms with Crippen LogP contribution in [0.15, 0.2) is 24.4 Å². The molecular formula is C21H31N5O3S. The SMILES string of the molecule is COCCn1ncc(CNCCCNC(=O)c2cc(C=O)cc(N(C)SC)c2)c1C. The molecule has 0 saturated heterocycles. The number of carbonyl (C=O) groups excluding carboxylic acids is 2. The topological polar surface area (TPSA) is 88.5 Å². The summed E-state index contributed by atoms with van der Waals surface area (Å²) in [7, 11) is 3.58. The lowest BCUT2D eigenvalue weighted by molar-refractivity contribution is 0.0953. The third-order valence-corrected chi connectivity index (χ3v) is 5.58. The van der Waals surface area contributed by atoms with Crippen molar-refractivity contribution in [3.05, 3.63) is 46.8 Å². The van der Waals surface area contributed by atoms with Gasteiger partial charge in [0.1, 0.15) is 6.29 Å². The van der Waals surface area contributed by atoms with Crippen LogP contribution in [0.1, 0.15) is 38.4 Å². The van der Waals surface area contributed by atoms with Crippen LogP contribution in [0.2, 0.25) is 0 Å². The molecule has 164 valence electrons. The highest BCUT2D eigenvalue weighted by Crippen LogP contribution is 2.22. The summed E-state index contributed by atoms with van der Waals surface area (Å²) in [6.45, 7) is 5.50. The number of nitrogens with one attached hydrogen (secondary N) is 2. The van der Waals surface area contributed by atoms with E-state index in [1.165, 1.54) is 11.9 Å². The van der Waals surface area contributed by atoms with Gasteiger partial charge < -0.3 is 19.7 Å². The second kappa shape index (κ2) is 12.4. The molecule has 1 amide bonds. The fraction of sp³-hybridized carbons (Fsp3) is 0.476. The summed E-state index contributed by atoms with van der Waals surface area (Å²) in [4.78, 5) is 23.7. The lowest BCUT2D eigenvalue weighted by Crippen LogP contribution is -2.27. The fourth-order valence-corrected chi connectivity index (χ4v) is 3.24. The van der Waals surface area contributed by atoms with Crippen LogP contribution in [0.3, 0.4) is 0 Å². The normalized spacial score (nSPS) is 10.8. The molecule has 9 heteroatoms. The highest BCUT2D eigenvalue weighted by atomic mass is 32.2. The molecule has 0 aliphatic rings. The Hall–Kier alpha value is -2.36. The number of nitrogens with zero attached hydrogens (tertiary/aromatic N) is 3. The zero-order valence-electron chi connectivity index (χ0n) is 18.1. The summed E-state index contributed by atoms with van der Waals surface area (Å²) in [5, 5.41) is 10.7. The highest BCUT2D eigenvalue weighted by molar-refractivity contribution is 7.99. The maximum Gasteiger partial charge on any atom is 0.251 e. The maximum absolute atomic E-state index is 12.5. The molecule has 0 fully saturated rings. The van der Waals surface area contributed by atoms with Crippen LogP contribution in [0.25, 0.3) is 0 Å². The molecule has 0 aliphatic carbocycles. The molecule has 0 bridgehead atoms. The maximum atomic E-state index is 12.5. The summed E-state index contributed by atoms with van der Waals surface area (Å²) in [5.41, 5.74) is 4.09. The number of hydrogen-bond donors (Lipinski definition) is 2. The average molecular weight is 434 g/mol. The van der Waals surface area contributed by atoms with Gasteiger partial charge in [-0.05, 0) is 38.1 Å². The Labute approximate surface area is 182 Å². The number of aromatic nitrogens is 2. The molecule has 2 rings (SSSR count). The Kier molecular flexibility index (Phi) is 9.85. The molecule has 1 heterocycles. The minimum atomic E-state index is -0.176. The summed E-state index contributed by atoms with van der Waals surface area (Å²) >= 11 is 1.51. The molecule has 0 aliphatic heterocycles. The van der Waals surface area contributed by atoms with Gasteiger partial charge in [0.15, 0.2) is 0 Å². The molecule has 0 saturated carbocycles. The number of benzene rings is 1. The van der Waals surface area contributed by atoms with Crippen LogP contribution in [0.4, 0.5) is 5.69 Å². The van der Waals surface area contributed by atoms with Gasteiger partial charge in [-0.1, -0.05) is 11.9 Å². The van der Waals surface area contributed by atoms with E-state index in [9.17, 15) is 9.59 Å². The first-order valence-electron chi connectivity index (χ1n) is 9.87. The van der Waals surface area contributed by atoms with Gasteiger partial charge >= 0.3 is 0 Å². The van der Waals surface area contributed by atoms with E-state index in [4.69, 9.17) is 4.74 Å². The zero-order valence-corrected chi connectivity index (χ0v) is 18.9. The molecule has 2 N–H and O–H groups in total. The van der Waals surface area contributed by atoms with Crippen LogP contribution >= 0.6 is 11.9 Å². The van der Waals surface area contributed by atoms with E-state index in [0.29, 0.717) is 24.3 Å². The summed E-state index contributed by atoms with van der Waals surface area (Å²) in [5.74, 6) is -0.176. The second-order valence-electron chi connectivity index (χ2n) is 6.87. The van der Waals surface area contributed by atoms with Crippen molar-refractivity contribution in [2.45, 2.75) is 26.4 Å². The third kappa shape index (κ3) is 6.86. The largest absolute Gasteiger partial charge is 0.383 e. The fourth-order valence-electron chi connectivity index (χ4n) is 2.92. The van der Waals surface area contributed by atoms with Gasteiger partial charge in [0, 0.05) is 61.6 Å². The Morgan fingerprint density at radius 2 is 2.13 bits per heavy atom. The number of amides is 1. The zero-order chi connectivity index (χ0) is 21.9. The van der Waals surface area contributed by atoms with Gasteiger partial charge in [-0.3, -0.25) is 14.3 Å². The molecule has 8 nitrogen and oxygen atoms in total. The quantitative estimate of drug-likeness (QED) is 0.285. The molecule has 1 aromatic heterocycles. The Morgan fingerprint density at radius 3 is 2.83 bits per heavy atom. The average Bonchev–Trinajstić information content (AvgIpc) is 3.12. The predicted molar refractivity (Wildman–Crippen MR) is 121 cm³/mol. The van der Waals surface area contributed by atoms with E-state index in [1.54, 1.807) is 25.3 Å². The van der Waals surface area contributed by atoms with Crippen molar-refractivity contribution in [2.24, 2.45) is 0 Å². The first kappa shape index (κ1) is 23.9. The summed E-state index contributed by atoms with van der Waals surface area (Å²) < 4.78 is 8.94. The van der Waals surface area contributed by atoms with Crippen molar-refractivity contribution < 1.29 is 14.3 Å². The first-order chi connectivity index (χ1) is 14.5. The number of carbonyl (C=O) groups is 2. The number of ether oxygens (including phenoxy) is 1. The second-order valence-corrected chi connectivity index (χ2v) is 7.78. The Balaban J connectivity index is 1.76. The molecule has 0 unspecified atom stereocenters. The van der Waals surface area contributed by atoms with Crippen molar-refractivity contribution in [2.75, 3.05) is 44.4 Å². The van der Waals surface area contributed by atoms with E-state index in [0.717, 1.165) is 49.3 Å². The highest BCUT2D eigenvalue weighted by Gasteiger charge is 2.11. The number of rotatable bonds is 13. The molecule has 30 heavy (non-hydrogen) atoms. The summed E-state index contributed by atoms with van der Waals surface area (Å²) in [6, 6.07) is 5.17. The van der Waals surface area contributed by atoms with Gasteiger partial charge in [-0.15, -0.1) is 0 Å². The lowest BCUT2D eigenvalue weighted by atomic mass is 10.1. The smallest absolute Gasteiger partial charge is 0.251 e. The van der Waals surface area contributed by atoms with Gasteiger partial charge in [-0.2, -0.15) is 5.10 Å². The van der Waals surface area contributed by atoms with Crippen molar-refractivity contribution in [3.8, 4) is 0 Å². The van der Waals surface area contributed by atoms with Crippen LogP contribution < -0.4 is 14.9 Å².